The van der Waals surface area contributed by atoms with Crippen LogP contribution in [-0.4, -0.2) is 47.7 Å². The van der Waals surface area contributed by atoms with Gasteiger partial charge in [-0.2, -0.15) is 0 Å². The molecule has 0 saturated carbocycles. The zero-order chi connectivity index (χ0) is 26.7. The zero-order valence-corrected chi connectivity index (χ0v) is 21.4. The summed E-state index contributed by atoms with van der Waals surface area (Å²) in [6, 6.07) is 15.9. The Morgan fingerprint density at radius 3 is 2.46 bits per heavy atom. The third-order valence-electron chi connectivity index (χ3n) is 6.12. The molecule has 2 aromatic carbocycles. The molecule has 0 aliphatic carbocycles. The van der Waals surface area contributed by atoms with Gasteiger partial charge >= 0.3 is 11.9 Å². The number of aryl methyl sites for hydroxylation is 1. The second-order valence-corrected chi connectivity index (χ2v) is 10.1. The summed E-state index contributed by atoms with van der Waals surface area (Å²) in [6.45, 7) is 3.98. The van der Waals surface area contributed by atoms with Crippen LogP contribution in [-0.2, 0) is 35.0 Å². The Morgan fingerprint density at radius 2 is 1.78 bits per heavy atom. The number of rotatable bonds is 7. The molecule has 1 aliphatic heterocycles. The van der Waals surface area contributed by atoms with E-state index in [2.05, 4.69) is 0 Å². The monoisotopic (exact) mass is 526 g/mol. The third kappa shape index (κ3) is 6.30. The van der Waals surface area contributed by atoms with Gasteiger partial charge in [-0.1, -0.05) is 30.3 Å². The van der Waals surface area contributed by atoms with Gasteiger partial charge in [-0.15, -0.1) is 11.3 Å². The minimum Gasteiger partial charge on any atom is -0.463 e. The summed E-state index contributed by atoms with van der Waals surface area (Å²) in [5, 5.41) is 10.9. The standard InChI is InChI=1S/C28H27FO7S/c1-15-4-5-19(12-20(15)13-22-10-11-24(37-22)18-6-8-21(29)9-7-18)27-26(33)28(35-17(3)31)25(32)23(36-27)14-34-16(2)30/h4-12,23,26-28,33H,13-14H2,1-3H3/t23-,26-,27+,28+/m1/s1. The number of esters is 2. The van der Waals surface area contributed by atoms with Gasteiger partial charge in [-0.3, -0.25) is 14.4 Å². The topological polar surface area (TPSA) is 99.1 Å². The first-order valence-electron chi connectivity index (χ1n) is 11.7. The number of benzene rings is 2. The highest BCUT2D eigenvalue weighted by atomic mass is 32.1. The van der Waals surface area contributed by atoms with Gasteiger partial charge in [0.05, 0.1) is 0 Å². The van der Waals surface area contributed by atoms with Crippen LogP contribution < -0.4 is 0 Å². The van der Waals surface area contributed by atoms with E-state index in [4.69, 9.17) is 14.2 Å². The number of thiophene rings is 1. The molecule has 194 valence electrons. The lowest BCUT2D eigenvalue weighted by atomic mass is 9.90. The van der Waals surface area contributed by atoms with Crippen LogP contribution in [0.4, 0.5) is 4.39 Å². The van der Waals surface area contributed by atoms with Gasteiger partial charge in [0.1, 0.15) is 24.6 Å². The second kappa shape index (κ2) is 11.3. The predicted molar refractivity (Wildman–Crippen MR) is 135 cm³/mol. The Labute approximate surface area is 217 Å². The summed E-state index contributed by atoms with van der Waals surface area (Å²) in [4.78, 5) is 37.8. The molecular weight excluding hydrogens is 499 g/mol. The van der Waals surface area contributed by atoms with E-state index in [1.807, 2.05) is 31.2 Å². The average Bonchev–Trinajstić information content (AvgIpc) is 3.31. The maximum Gasteiger partial charge on any atom is 0.303 e. The fraction of sp³-hybridized carbons (Fsp3) is 0.321. The molecule has 1 aliphatic rings. The molecule has 9 heteroatoms. The zero-order valence-electron chi connectivity index (χ0n) is 20.6. The van der Waals surface area contributed by atoms with Crippen LogP contribution in [0.2, 0.25) is 0 Å². The lowest BCUT2D eigenvalue weighted by Gasteiger charge is -2.37. The number of ketones is 1. The summed E-state index contributed by atoms with van der Waals surface area (Å²) in [6.07, 6.45) is -4.45. The molecule has 0 spiro atoms. The smallest absolute Gasteiger partial charge is 0.303 e. The van der Waals surface area contributed by atoms with Crippen molar-refractivity contribution < 1.29 is 38.1 Å². The van der Waals surface area contributed by atoms with Crippen molar-refractivity contribution in [3.8, 4) is 10.4 Å². The number of ether oxygens (including phenoxy) is 3. The molecule has 0 unspecified atom stereocenters. The molecule has 0 amide bonds. The minimum atomic E-state index is -1.45. The van der Waals surface area contributed by atoms with Gasteiger partial charge in [0.25, 0.3) is 0 Å². The number of hydrogen-bond donors (Lipinski definition) is 1. The number of carbonyl (C=O) groups is 3. The highest BCUT2D eigenvalue weighted by Crippen LogP contribution is 2.35. The van der Waals surface area contributed by atoms with Crippen LogP contribution in [0.25, 0.3) is 10.4 Å². The number of hydrogen-bond acceptors (Lipinski definition) is 8. The fourth-order valence-corrected chi connectivity index (χ4v) is 5.26. The molecule has 4 atom stereocenters. The minimum absolute atomic E-state index is 0.284. The highest BCUT2D eigenvalue weighted by molar-refractivity contribution is 7.15. The predicted octanol–water partition coefficient (Wildman–Crippen LogP) is 4.32. The van der Waals surface area contributed by atoms with Crippen LogP contribution in [0.15, 0.2) is 54.6 Å². The molecular formula is C28H27FO7S. The Kier molecular flexibility index (Phi) is 8.16. The number of aliphatic hydroxyl groups is 1. The van der Waals surface area contributed by atoms with E-state index in [0.29, 0.717) is 12.0 Å². The molecule has 0 radical (unpaired) electrons. The van der Waals surface area contributed by atoms with Gasteiger partial charge in [0.2, 0.25) is 5.78 Å². The fourth-order valence-electron chi connectivity index (χ4n) is 4.22. The molecule has 37 heavy (non-hydrogen) atoms. The molecule has 1 fully saturated rings. The normalized spacial score (nSPS) is 21.5. The average molecular weight is 527 g/mol. The summed E-state index contributed by atoms with van der Waals surface area (Å²) < 4.78 is 29.2. The quantitative estimate of drug-likeness (QED) is 0.458. The van der Waals surface area contributed by atoms with Crippen molar-refractivity contribution in [2.24, 2.45) is 0 Å². The van der Waals surface area contributed by atoms with E-state index in [1.54, 1.807) is 29.5 Å². The highest BCUT2D eigenvalue weighted by Gasteiger charge is 2.47. The van der Waals surface area contributed by atoms with Crippen LogP contribution in [0.1, 0.15) is 41.5 Å². The van der Waals surface area contributed by atoms with E-state index in [-0.39, 0.29) is 12.4 Å². The molecule has 1 saturated heterocycles. The van der Waals surface area contributed by atoms with Gasteiger partial charge < -0.3 is 19.3 Å². The summed E-state index contributed by atoms with van der Waals surface area (Å²) in [7, 11) is 0. The van der Waals surface area contributed by atoms with Crippen molar-refractivity contribution in [1.82, 2.24) is 0 Å². The van der Waals surface area contributed by atoms with E-state index in [0.717, 1.165) is 33.4 Å². The molecule has 2 heterocycles. The van der Waals surface area contributed by atoms with Gasteiger partial charge in [0.15, 0.2) is 12.2 Å². The lowest BCUT2D eigenvalue weighted by molar-refractivity contribution is -0.201. The van der Waals surface area contributed by atoms with Gasteiger partial charge in [-0.25, -0.2) is 4.39 Å². The first-order valence-corrected chi connectivity index (χ1v) is 12.6. The number of carbonyl (C=O) groups excluding carboxylic acids is 3. The Bertz CT molecular complexity index is 1300. The number of Topliss-reactive ketones (excluding diaryl/α,β-unsaturated/α-hetero) is 1. The largest absolute Gasteiger partial charge is 0.463 e. The maximum atomic E-state index is 13.3. The molecule has 4 rings (SSSR count). The van der Waals surface area contributed by atoms with E-state index in [1.165, 1.54) is 19.1 Å². The van der Waals surface area contributed by atoms with Crippen molar-refractivity contribution in [3.63, 3.8) is 0 Å². The van der Waals surface area contributed by atoms with E-state index in [9.17, 15) is 23.9 Å². The summed E-state index contributed by atoms with van der Waals surface area (Å²) in [5.74, 6) is -2.26. The second-order valence-electron chi connectivity index (χ2n) is 8.91. The van der Waals surface area contributed by atoms with Crippen LogP contribution in [0.5, 0.6) is 0 Å². The SMILES string of the molecule is CC(=O)OC[C@H]1O[C@@H](c2ccc(C)c(Cc3ccc(-c4ccc(F)cc4)s3)c2)[C@@H](O)[C@@H](OC(C)=O)C1=O. The summed E-state index contributed by atoms with van der Waals surface area (Å²) >= 11 is 1.60. The first kappa shape index (κ1) is 26.7. The van der Waals surface area contributed by atoms with Crippen molar-refractivity contribution in [2.45, 2.75) is 51.6 Å². The number of aliphatic hydroxyl groups excluding tert-OH is 1. The molecule has 0 bridgehead atoms. The van der Waals surface area contributed by atoms with Crippen LogP contribution in [0.3, 0.4) is 0 Å². The summed E-state index contributed by atoms with van der Waals surface area (Å²) in [5.41, 5.74) is 3.54. The first-order chi connectivity index (χ1) is 17.6. The molecule has 7 nitrogen and oxygen atoms in total. The van der Waals surface area contributed by atoms with Crippen LogP contribution >= 0.6 is 11.3 Å². The Balaban J connectivity index is 1.59. The molecule has 1 aromatic heterocycles. The van der Waals surface area contributed by atoms with Crippen molar-refractivity contribution in [3.05, 3.63) is 82.0 Å². The molecule has 3 aromatic rings. The molecule has 1 N–H and O–H groups in total. The van der Waals surface area contributed by atoms with Crippen molar-refractivity contribution in [1.29, 1.82) is 0 Å². The van der Waals surface area contributed by atoms with Crippen molar-refractivity contribution >= 4 is 29.1 Å². The maximum absolute atomic E-state index is 13.3. The number of halogens is 1. The third-order valence-corrected chi connectivity index (χ3v) is 7.25. The van der Waals surface area contributed by atoms with E-state index >= 15 is 0 Å². The van der Waals surface area contributed by atoms with Gasteiger partial charge in [-0.05, 0) is 53.4 Å². The Morgan fingerprint density at radius 1 is 1.05 bits per heavy atom. The van der Waals surface area contributed by atoms with Gasteiger partial charge in [0, 0.05) is 30.0 Å². The Hall–Kier alpha value is -3.40. The van der Waals surface area contributed by atoms with E-state index < -0.39 is 42.1 Å². The lowest BCUT2D eigenvalue weighted by Crippen LogP contribution is -2.54. The van der Waals surface area contributed by atoms with Crippen LogP contribution in [0, 0.1) is 12.7 Å². The van der Waals surface area contributed by atoms with Crippen molar-refractivity contribution in [2.75, 3.05) is 6.61 Å².